The van der Waals surface area contributed by atoms with Crippen LogP contribution in [0.15, 0.2) is 12.2 Å². The van der Waals surface area contributed by atoms with Gasteiger partial charge in [0.05, 0.1) is 0 Å². The molecule has 0 aromatic heterocycles. The van der Waals surface area contributed by atoms with Crippen molar-refractivity contribution in [2.24, 2.45) is 23.7 Å². The molecule has 0 amide bonds. The number of rotatable bonds is 13. The average molecular weight is 295 g/mol. The second-order valence-corrected chi connectivity index (χ2v) is 7.57. The maximum Gasteiger partial charge on any atom is -0.0231 e. The Labute approximate surface area is 135 Å². The molecule has 0 saturated carbocycles. The first-order valence-corrected chi connectivity index (χ1v) is 9.71. The Morgan fingerprint density at radius 3 is 1.90 bits per heavy atom. The third kappa shape index (κ3) is 12.0. The van der Waals surface area contributed by atoms with Crippen LogP contribution in [0, 0.1) is 23.7 Å². The summed E-state index contributed by atoms with van der Waals surface area (Å²) in [6, 6.07) is 0. The Bertz CT molecular complexity index is 238. The molecule has 0 aliphatic heterocycles. The number of hydrogen-bond donors (Lipinski definition) is 0. The van der Waals surface area contributed by atoms with Gasteiger partial charge in [-0.2, -0.15) is 0 Å². The summed E-state index contributed by atoms with van der Waals surface area (Å²) in [4.78, 5) is 0. The minimum absolute atomic E-state index is 0.758. The van der Waals surface area contributed by atoms with Crippen molar-refractivity contribution in [2.45, 2.75) is 99.3 Å². The van der Waals surface area contributed by atoms with Crippen LogP contribution in [0.1, 0.15) is 99.3 Å². The fourth-order valence-electron chi connectivity index (χ4n) is 3.49. The first-order valence-electron chi connectivity index (χ1n) is 9.71. The van der Waals surface area contributed by atoms with Crippen molar-refractivity contribution >= 4 is 0 Å². The van der Waals surface area contributed by atoms with Crippen LogP contribution in [-0.4, -0.2) is 0 Å². The van der Waals surface area contributed by atoms with E-state index in [2.05, 4.69) is 53.7 Å². The number of unbranched alkanes of at least 4 members (excludes halogenated alkanes) is 1. The van der Waals surface area contributed by atoms with Gasteiger partial charge in [-0.25, -0.2) is 0 Å². The van der Waals surface area contributed by atoms with Gasteiger partial charge in [0.15, 0.2) is 0 Å². The number of hydrogen-bond acceptors (Lipinski definition) is 0. The van der Waals surface area contributed by atoms with Gasteiger partial charge in [0.1, 0.15) is 0 Å². The highest BCUT2D eigenvalue weighted by Gasteiger charge is 2.15. The van der Waals surface area contributed by atoms with E-state index < -0.39 is 0 Å². The Balaban J connectivity index is 4.54. The summed E-state index contributed by atoms with van der Waals surface area (Å²) in [7, 11) is 0. The Hall–Kier alpha value is -0.260. The zero-order valence-electron chi connectivity index (χ0n) is 15.8. The highest BCUT2D eigenvalue weighted by molar-refractivity contribution is 4.92. The maximum absolute atomic E-state index is 2.57. The van der Waals surface area contributed by atoms with E-state index in [0.29, 0.717) is 0 Å². The second kappa shape index (κ2) is 13.4. The minimum atomic E-state index is 0.758. The van der Waals surface area contributed by atoms with Crippen LogP contribution in [0.4, 0.5) is 0 Å². The lowest BCUT2D eigenvalue weighted by Crippen LogP contribution is -2.11. The third-order valence-corrected chi connectivity index (χ3v) is 4.52. The van der Waals surface area contributed by atoms with E-state index >= 15 is 0 Å². The van der Waals surface area contributed by atoms with Crippen molar-refractivity contribution in [2.75, 3.05) is 0 Å². The molecular weight excluding hydrogens is 252 g/mol. The highest BCUT2D eigenvalue weighted by Crippen LogP contribution is 2.28. The molecule has 0 nitrogen and oxygen atoms in total. The van der Waals surface area contributed by atoms with Gasteiger partial charge in [-0.3, -0.25) is 0 Å². The van der Waals surface area contributed by atoms with E-state index in [1.165, 1.54) is 57.8 Å². The van der Waals surface area contributed by atoms with Gasteiger partial charge in [-0.15, -0.1) is 0 Å². The number of allylic oxidation sites excluding steroid dienone is 2. The topological polar surface area (TPSA) is 0 Å². The van der Waals surface area contributed by atoms with Crippen LogP contribution >= 0.6 is 0 Å². The van der Waals surface area contributed by atoms with Crippen molar-refractivity contribution in [3.05, 3.63) is 12.2 Å². The summed E-state index contributed by atoms with van der Waals surface area (Å²) in [5.74, 6) is 3.35. The lowest BCUT2D eigenvalue weighted by molar-refractivity contribution is 0.316. The molecule has 126 valence electrons. The van der Waals surface area contributed by atoms with Crippen molar-refractivity contribution in [3.8, 4) is 0 Å². The van der Waals surface area contributed by atoms with Gasteiger partial charge in [-0.05, 0) is 49.4 Å². The maximum atomic E-state index is 2.57. The lowest BCUT2D eigenvalue weighted by Gasteiger charge is -2.23. The molecule has 0 N–H and O–H groups in total. The van der Waals surface area contributed by atoms with Crippen LogP contribution in [-0.2, 0) is 0 Å². The predicted molar refractivity (Wildman–Crippen MR) is 98.7 cm³/mol. The monoisotopic (exact) mass is 294 g/mol. The molecule has 0 fully saturated rings. The van der Waals surface area contributed by atoms with Gasteiger partial charge < -0.3 is 0 Å². The molecule has 0 spiro atoms. The second-order valence-electron chi connectivity index (χ2n) is 7.57. The Kier molecular flexibility index (Phi) is 13.2. The van der Waals surface area contributed by atoms with E-state index in [1.807, 2.05) is 0 Å². The van der Waals surface area contributed by atoms with Gasteiger partial charge in [0.25, 0.3) is 0 Å². The minimum Gasteiger partial charge on any atom is -0.0854 e. The van der Waals surface area contributed by atoms with Gasteiger partial charge in [0.2, 0.25) is 0 Å². The smallest absolute Gasteiger partial charge is 0.0231 e. The first-order chi connectivity index (χ1) is 10.0. The molecule has 0 heteroatoms. The van der Waals surface area contributed by atoms with Crippen molar-refractivity contribution in [1.29, 1.82) is 0 Å². The molecule has 0 bridgehead atoms. The van der Waals surface area contributed by atoms with Crippen molar-refractivity contribution < 1.29 is 0 Å². The van der Waals surface area contributed by atoms with E-state index in [0.717, 1.165) is 23.7 Å². The van der Waals surface area contributed by atoms with Crippen LogP contribution in [0.25, 0.3) is 0 Å². The molecule has 0 aliphatic carbocycles. The molecule has 0 rings (SSSR count). The molecule has 0 aliphatic rings. The highest BCUT2D eigenvalue weighted by atomic mass is 14.2. The molecule has 0 radical (unpaired) electrons. The first kappa shape index (κ1) is 20.7. The molecule has 0 heterocycles. The van der Waals surface area contributed by atoms with Crippen LogP contribution in [0.2, 0.25) is 0 Å². The molecule has 0 saturated heterocycles. The van der Waals surface area contributed by atoms with Gasteiger partial charge >= 0.3 is 0 Å². The van der Waals surface area contributed by atoms with Crippen LogP contribution in [0.3, 0.4) is 0 Å². The summed E-state index contributed by atoms with van der Waals surface area (Å²) in [6.07, 6.45) is 17.4. The molecule has 0 aromatic rings. The summed E-state index contributed by atoms with van der Waals surface area (Å²) >= 11 is 0. The van der Waals surface area contributed by atoms with Crippen molar-refractivity contribution in [1.82, 2.24) is 0 Å². The third-order valence-electron chi connectivity index (χ3n) is 4.52. The Morgan fingerprint density at radius 2 is 1.38 bits per heavy atom. The average Bonchev–Trinajstić information content (AvgIpc) is 2.41. The van der Waals surface area contributed by atoms with Crippen LogP contribution in [0.5, 0.6) is 0 Å². The van der Waals surface area contributed by atoms with E-state index in [-0.39, 0.29) is 0 Å². The molecule has 3 atom stereocenters. The quantitative estimate of drug-likeness (QED) is 0.306. The van der Waals surface area contributed by atoms with E-state index in [4.69, 9.17) is 0 Å². The van der Waals surface area contributed by atoms with Crippen molar-refractivity contribution in [3.63, 3.8) is 0 Å². The summed E-state index contributed by atoms with van der Waals surface area (Å²) in [5.41, 5.74) is 0. The lowest BCUT2D eigenvalue weighted by atomic mass is 9.83. The molecular formula is C21H42. The fraction of sp³-hybridized carbons (Fsp3) is 0.905. The fourth-order valence-corrected chi connectivity index (χ4v) is 3.49. The standard InChI is InChI=1S/C21H42/c1-7-10-13-20(15-14-19(6)11-8-2)17-21(12-9-3)16-18(4)5/h14-15,18-21H,7-13,16-17H2,1-6H3. The predicted octanol–water partition coefficient (Wildman–Crippen LogP) is 7.64. The van der Waals surface area contributed by atoms with Gasteiger partial charge in [-0.1, -0.05) is 85.8 Å². The molecule has 3 unspecified atom stereocenters. The zero-order chi connectivity index (χ0) is 16.1. The molecule has 0 aromatic carbocycles. The Morgan fingerprint density at radius 1 is 0.714 bits per heavy atom. The van der Waals surface area contributed by atoms with Crippen LogP contribution < -0.4 is 0 Å². The van der Waals surface area contributed by atoms with Gasteiger partial charge in [0, 0.05) is 0 Å². The normalized spacial score (nSPS) is 16.5. The van der Waals surface area contributed by atoms with E-state index in [1.54, 1.807) is 0 Å². The summed E-state index contributed by atoms with van der Waals surface area (Å²) in [5, 5.41) is 0. The summed E-state index contributed by atoms with van der Waals surface area (Å²) in [6.45, 7) is 14.1. The summed E-state index contributed by atoms with van der Waals surface area (Å²) < 4.78 is 0. The SMILES string of the molecule is CCCCC(C=CC(C)CCC)CC(CCC)CC(C)C. The van der Waals surface area contributed by atoms with E-state index in [9.17, 15) is 0 Å². The molecule has 21 heavy (non-hydrogen) atoms. The largest absolute Gasteiger partial charge is 0.0854 e. The zero-order valence-corrected chi connectivity index (χ0v) is 15.8.